The van der Waals surface area contributed by atoms with Gasteiger partial charge in [-0.3, -0.25) is 4.79 Å². The van der Waals surface area contributed by atoms with E-state index in [1.54, 1.807) is 19.1 Å². The second-order valence-corrected chi connectivity index (χ2v) is 6.40. The Labute approximate surface area is 153 Å². The van der Waals surface area contributed by atoms with Crippen molar-refractivity contribution in [1.29, 1.82) is 0 Å². The summed E-state index contributed by atoms with van der Waals surface area (Å²) in [5.41, 5.74) is 0.633. The van der Waals surface area contributed by atoms with Gasteiger partial charge in [0.05, 0.1) is 29.8 Å². The lowest BCUT2D eigenvalue weighted by Gasteiger charge is -2.12. The van der Waals surface area contributed by atoms with Crippen LogP contribution in [0.5, 0.6) is 11.5 Å². The number of hydrogen-bond donors (Lipinski definition) is 1. The van der Waals surface area contributed by atoms with Crippen molar-refractivity contribution < 1.29 is 18.7 Å². The zero-order valence-corrected chi connectivity index (χ0v) is 15.3. The Morgan fingerprint density at radius 2 is 2.04 bits per heavy atom. The van der Waals surface area contributed by atoms with Crippen LogP contribution in [0, 0.1) is 6.92 Å². The number of aryl methyl sites for hydroxylation is 1. The van der Waals surface area contributed by atoms with Gasteiger partial charge in [-0.25, -0.2) is 4.98 Å². The maximum Gasteiger partial charge on any atom is 0.278 e. The first-order valence-corrected chi connectivity index (χ1v) is 8.53. The highest BCUT2D eigenvalue weighted by Crippen LogP contribution is 2.36. The molecule has 25 heavy (non-hydrogen) atoms. The predicted octanol–water partition coefficient (Wildman–Crippen LogP) is 4.63. The first kappa shape index (κ1) is 17.3. The number of nitrogens with one attached hydrogen (secondary N) is 1. The highest BCUT2D eigenvalue weighted by atomic mass is 35.5. The topological polar surface area (TPSA) is 73.6 Å². The largest absolute Gasteiger partial charge is 0.495 e. The molecule has 0 bridgehead atoms. The van der Waals surface area contributed by atoms with E-state index < -0.39 is 5.91 Å². The van der Waals surface area contributed by atoms with E-state index in [1.165, 1.54) is 25.6 Å². The van der Waals surface area contributed by atoms with Gasteiger partial charge >= 0.3 is 0 Å². The molecule has 0 aliphatic heterocycles. The van der Waals surface area contributed by atoms with Crippen LogP contribution in [-0.4, -0.2) is 25.1 Å². The lowest BCUT2D eigenvalue weighted by atomic mass is 10.2. The summed E-state index contributed by atoms with van der Waals surface area (Å²) in [5, 5.41) is 5.06. The number of halogens is 1. The number of nitrogens with zero attached hydrogens (tertiary/aromatic N) is 1. The number of benzene rings is 1. The lowest BCUT2D eigenvalue weighted by Crippen LogP contribution is -2.14. The quantitative estimate of drug-likeness (QED) is 0.700. The van der Waals surface area contributed by atoms with E-state index in [0.717, 1.165) is 4.88 Å². The summed E-state index contributed by atoms with van der Waals surface area (Å²) >= 11 is 7.56. The molecule has 8 heteroatoms. The van der Waals surface area contributed by atoms with Gasteiger partial charge in [-0.1, -0.05) is 17.7 Å². The summed E-state index contributed by atoms with van der Waals surface area (Å²) in [5.74, 6) is 1.28. The van der Waals surface area contributed by atoms with Crippen molar-refractivity contribution in [3.8, 4) is 22.3 Å². The van der Waals surface area contributed by atoms with Gasteiger partial charge in [0.15, 0.2) is 5.69 Å². The molecule has 0 atom stereocenters. The van der Waals surface area contributed by atoms with Gasteiger partial charge in [-0.05, 0) is 18.4 Å². The van der Waals surface area contributed by atoms with Crippen molar-refractivity contribution in [3.05, 3.63) is 46.1 Å². The van der Waals surface area contributed by atoms with Crippen LogP contribution in [-0.2, 0) is 0 Å². The molecule has 1 aromatic carbocycles. The first-order chi connectivity index (χ1) is 12.0. The van der Waals surface area contributed by atoms with Crippen LogP contribution in [0.1, 0.15) is 16.2 Å². The number of carbonyl (C=O) groups excluding carboxylic acids is 1. The second-order valence-electron chi connectivity index (χ2n) is 5.04. The second kappa shape index (κ2) is 7.16. The number of thiophene rings is 1. The van der Waals surface area contributed by atoms with Crippen LogP contribution < -0.4 is 14.8 Å². The van der Waals surface area contributed by atoms with Crippen LogP contribution in [0.3, 0.4) is 0 Å². The number of hydrogen-bond acceptors (Lipinski definition) is 6. The minimum absolute atomic E-state index is 0.208. The Hall–Kier alpha value is -2.51. The third kappa shape index (κ3) is 3.47. The smallest absolute Gasteiger partial charge is 0.278 e. The van der Waals surface area contributed by atoms with Crippen molar-refractivity contribution in [2.45, 2.75) is 6.92 Å². The molecule has 2 heterocycles. The molecule has 1 N–H and O–H groups in total. The molecule has 0 saturated carbocycles. The molecule has 0 saturated heterocycles. The van der Waals surface area contributed by atoms with Gasteiger partial charge < -0.3 is 19.2 Å². The van der Waals surface area contributed by atoms with Crippen molar-refractivity contribution in [1.82, 2.24) is 4.98 Å². The number of ether oxygens (including phenoxy) is 2. The molecule has 0 spiro atoms. The van der Waals surface area contributed by atoms with E-state index in [9.17, 15) is 4.79 Å². The molecule has 2 aromatic heterocycles. The summed E-state index contributed by atoms with van der Waals surface area (Å²) < 4.78 is 16.0. The fourth-order valence-corrected chi connectivity index (χ4v) is 3.13. The van der Waals surface area contributed by atoms with E-state index >= 15 is 0 Å². The summed E-state index contributed by atoms with van der Waals surface area (Å²) in [6, 6.07) is 6.94. The average Bonchev–Trinajstić information content (AvgIpc) is 3.25. The maximum atomic E-state index is 12.6. The third-order valence-corrected chi connectivity index (χ3v) is 4.62. The maximum absolute atomic E-state index is 12.6. The molecule has 0 unspecified atom stereocenters. The molecule has 0 radical (unpaired) electrons. The number of aromatic nitrogens is 1. The van der Waals surface area contributed by atoms with Crippen molar-refractivity contribution >= 4 is 34.5 Å². The van der Waals surface area contributed by atoms with Gasteiger partial charge in [-0.15, -0.1) is 11.3 Å². The molecule has 3 aromatic rings. The standard InChI is InChI=1S/C17H15ClN2O4S/c1-9-15(20-17(24-9)14-5-4-6-25-14)16(21)19-11-8-12(22-2)10(18)7-13(11)23-3/h4-8H,1-3H3,(H,19,21). The highest BCUT2D eigenvalue weighted by Gasteiger charge is 2.20. The number of rotatable bonds is 5. The van der Waals surface area contributed by atoms with Gasteiger partial charge in [0.2, 0.25) is 5.89 Å². The number of carbonyl (C=O) groups is 1. The van der Waals surface area contributed by atoms with Crippen LogP contribution in [0.25, 0.3) is 10.8 Å². The molecule has 130 valence electrons. The van der Waals surface area contributed by atoms with E-state index in [4.69, 9.17) is 25.5 Å². The van der Waals surface area contributed by atoms with Crippen LogP contribution in [0.4, 0.5) is 5.69 Å². The predicted molar refractivity (Wildman–Crippen MR) is 97.1 cm³/mol. The van der Waals surface area contributed by atoms with E-state index in [1.807, 2.05) is 17.5 Å². The molecule has 3 rings (SSSR count). The normalized spacial score (nSPS) is 10.6. The Morgan fingerprint density at radius 1 is 1.28 bits per heavy atom. The summed E-state index contributed by atoms with van der Waals surface area (Å²) in [4.78, 5) is 17.8. The minimum Gasteiger partial charge on any atom is -0.495 e. The first-order valence-electron chi connectivity index (χ1n) is 7.27. The van der Waals surface area contributed by atoms with Crippen molar-refractivity contribution in [2.24, 2.45) is 0 Å². The minimum atomic E-state index is -0.410. The molecule has 0 aliphatic rings. The highest BCUT2D eigenvalue weighted by molar-refractivity contribution is 7.13. The molecular weight excluding hydrogens is 364 g/mol. The van der Waals surface area contributed by atoms with E-state index in [2.05, 4.69) is 10.3 Å². The number of oxazole rings is 1. The van der Waals surface area contributed by atoms with E-state index in [-0.39, 0.29) is 5.69 Å². The third-order valence-electron chi connectivity index (χ3n) is 3.47. The monoisotopic (exact) mass is 378 g/mol. The van der Waals surface area contributed by atoms with Crippen molar-refractivity contribution in [3.63, 3.8) is 0 Å². The van der Waals surface area contributed by atoms with Crippen LogP contribution in [0.15, 0.2) is 34.1 Å². The Bertz CT molecular complexity index is 906. The van der Waals surface area contributed by atoms with Crippen LogP contribution >= 0.6 is 22.9 Å². The Balaban J connectivity index is 1.90. The SMILES string of the molecule is COc1cc(NC(=O)c2nc(-c3cccs3)oc2C)c(OC)cc1Cl. The zero-order chi connectivity index (χ0) is 18.0. The fourth-order valence-electron chi connectivity index (χ4n) is 2.25. The molecule has 1 amide bonds. The number of anilines is 1. The lowest BCUT2D eigenvalue weighted by molar-refractivity contribution is 0.102. The zero-order valence-electron chi connectivity index (χ0n) is 13.8. The molecular formula is C17H15ClN2O4S. The Morgan fingerprint density at radius 3 is 2.68 bits per heavy atom. The van der Waals surface area contributed by atoms with Gasteiger partial charge in [0.1, 0.15) is 17.3 Å². The summed E-state index contributed by atoms with van der Waals surface area (Å²) in [6.07, 6.45) is 0. The number of methoxy groups -OCH3 is 2. The summed E-state index contributed by atoms with van der Waals surface area (Å²) in [7, 11) is 2.98. The Kier molecular flexibility index (Phi) is 4.96. The van der Waals surface area contributed by atoms with E-state index in [0.29, 0.717) is 33.9 Å². The average molecular weight is 379 g/mol. The summed E-state index contributed by atoms with van der Waals surface area (Å²) in [6.45, 7) is 1.69. The van der Waals surface area contributed by atoms with Gasteiger partial charge in [0.25, 0.3) is 5.91 Å². The van der Waals surface area contributed by atoms with Crippen molar-refractivity contribution in [2.75, 3.05) is 19.5 Å². The van der Waals surface area contributed by atoms with Crippen LogP contribution in [0.2, 0.25) is 5.02 Å². The van der Waals surface area contributed by atoms with Gasteiger partial charge in [-0.2, -0.15) is 0 Å². The van der Waals surface area contributed by atoms with Gasteiger partial charge in [0, 0.05) is 12.1 Å². The number of amides is 1. The molecule has 0 fully saturated rings. The fraction of sp³-hybridized carbons (Fsp3) is 0.176. The molecule has 6 nitrogen and oxygen atoms in total. The molecule has 0 aliphatic carbocycles.